The summed E-state index contributed by atoms with van der Waals surface area (Å²) in [6, 6.07) is 15.5. The van der Waals surface area contributed by atoms with Crippen LogP contribution in [0.25, 0.3) is 0 Å². The van der Waals surface area contributed by atoms with Gasteiger partial charge in [-0.15, -0.1) is 0 Å². The molecule has 3 rings (SSSR count). The van der Waals surface area contributed by atoms with Gasteiger partial charge in [-0.1, -0.05) is 50.2 Å². The molecule has 0 radical (unpaired) electrons. The molecule has 0 saturated carbocycles. The molecule has 0 aromatic heterocycles. The van der Waals surface area contributed by atoms with Gasteiger partial charge in [0.2, 0.25) is 0 Å². The number of carbonyl (C=O) groups excluding carboxylic acids is 2. The Kier molecular flexibility index (Phi) is 5.54. The first-order chi connectivity index (χ1) is 13.3. The molecular weight excluding hydrogens is 354 g/mol. The fraction of sp³-hybridized carbons (Fsp3) is 0.304. The summed E-state index contributed by atoms with van der Waals surface area (Å²) in [5.74, 6) is -0.204. The van der Waals surface area contributed by atoms with Crippen LogP contribution < -0.4 is 9.64 Å². The highest BCUT2D eigenvalue weighted by molar-refractivity contribution is 5.94. The van der Waals surface area contributed by atoms with Crippen molar-refractivity contribution in [3.8, 4) is 5.75 Å². The predicted octanol–water partition coefficient (Wildman–Crippen LogP) is 3.80. The Morgan fingerprint density at radius 2 is 1.71 bits per heavy atom. The highest BCUT2D eigenvalue weighted by atomic mass is 16.6. The number of para-hydroxylation sites is 2. The largest absolute Gasteiger partial charge is 0.482 e. The van der Waals surface area contributed by atoms with Gasteiger partial charge in [0.15, 0.2) is 19.0 Å². The Morgan fingerprint density at radius 3 is 2.43 bits per heavy atom. The molecule has 0 spiro atoms. The van der Waals surface area contributed by atoms with Crippen LogP contribution in [0.1, 0.15) is 25.0 Å². The van der Waals surface area contributed by atoms with Gasteiger partial charge in [0.05, 0.1) is 0 Å². The van der Waals surface area contributed by atoms with Crippen molar-refractivity contribution in [1.82, 2.24) is 0 Å². The first-order valence-corrected chi connectivity index (χ1v) is 9.23. The van der Waals surface area contributed by atoms with Gasteiger partial charge >= 0.3 is 5.97 Å². The van der Waals surface area contributed by atoms with Crippen LogP contribution in [0.4, 0.5) is 5.69 Å². The quantitative estimate of drug-likeness (QED) is 0.564. The van der Waals surface area contributed by atoms with E-state index in [2.05, 4.69) is 19.9 Å². The maximum absolute atomic E-state index is 12.4. The number of carbonyl (C=O) groups is 2. The summed E-state index contributed by atoms with van der Waals surface area (Å²) in [5.41, 5.74) is 3.77. The van der Waals surface area contributed by atoms with Crippen molar-refractivity contribution in [2.24, 2.45) is 0 Å². The van der Waals surface area contributed by atoms with Gasteiger partial charge in [-0.25, -0.2) is 4.79 Å². The van der Waals surface area contributed by atoms with Crippen molar-refractivity contribution in [3.05, 3.63) is 71.4 Å². The average Bonchev–Trinajstić information content (AvgIpc) is 2.87. The molecule has 1 aliphatic rings. The van der Waals surface area contributed by atoms with Gasteiger partial charge in [-0.05, 0) is 30.2 Å². The monoisotopic (exact) mass is 379 g/mol. The second kappa shape index (κ2) is 7.89. The molecule has 5 nitrogen and oxygen atoms in total. The van der Waals surface area contributed by atoms with E-state index < -0.39 is 5.97 Å². The number of fused-ring (bicyclic) bond motifs is 1. The molecular formula is C23H25NO4. The highest BCUT2D eigenvalue weighted by Crippen LogP contribution is 2.46. The van der Waals surface area contributed by atoms with E-state index in [1.165, 1.54) is 5.56 Å². The third kappa shape index (κ3) is 3.93. The normalized spacial score (nSPS) is 16.0. The van der Waals surface area contributed by atoms with E-state index in [1.807, 2.05) is 55.3 Å². The fourth-order valence-electron chi connectivity index (χ4n) is 3.50. The number of aryl methyl sites for hydroxylation is 1. The smallest absolute Gasteiger partial charge is 0.344 e. The maximum Gasteiger partial charge on any atom is 0.344 e. The number of esters is 1. The average molecular weight is 379 g/mol. The molecule has 5 heteroatoms. The Labute approximate surface area is 165 Å². The number of ketones is 1. The Balaban J connectivity index is 1.58. The van der Waals surface area contributed by atoms with Crippen LogP contribution in [0.15, 0.2) is 60.3 Å². The number of hydrogen-bond acceptors (Lipinski definition) is 5. The van der Waals surface area contributed by atoms with Gasteiger partial charge in [-0.2, -0.15) is 0 Å². The molecule has 1 heterocycles. The third-order valence-electron chi connectivity index (χ3n) is 5.05. The summed E-state index contributed by atoms with van der Waals surface area (Å²) in [4.78, 5) is 26.3. The van der Waals surface area contributed by atoms with E-state index in [-0.39, 0.29) is 24.4 Å². The van der Waals surface area contributed by atoms with E-state index >= 15 is 0 Å². The zero-order valence-electron chi connectivity index (χ0n) is 16.7. The van der Waals surface area contributed by atoms with E-state index in [4.69, 9.17) is 9.47 Å². The first-order valence-electron chi connectivity index (χ1n) is 9.23. The lowest BCUT2D eigenvalue weighted by Crippen LogP contribution is -2.25. The van der Waals surface area contributed by atoms with Crippen molar-refractivity contribution >= 4 is 17.4 Å². The predicted molar refractivity (Wildman–Crippen MR) is 109 cm³/mol. The second-order valence-corrected chi connectivity index (χ2v) is 7.41. The molecule has 0 bridgehead atoms. The maximum atomic E-state index is 12.4. The molecule has 1 aliphatic heterocycles. The fourth-order valence-corrected chi connectivity index (χ4v) is 3.50. The lowest BCUT2D eigenvalue weighted by atomic mass is 9.83. The van der Waals surface area contributed by atoms with Crippen LogP contribution in [0.2, 0.25) is 0 Å². The van der Waals surface area contributed by atoms with Crippen molar-refractivity contribution in [3.63, 3.8) is 0 Å². The summed E-state index contributed by atoms with van der Waals surface area (Å²) in [7, 11) is 1.94. The number of benzene rings is 2. The minimum atomic E-state index is -0.572. The minimum Gasteiger partial charge on any atom is -0.482 e. The summed E-state index contributed by atoms with van der Waals surface area (Å²) < 4.78 is 10.5. The SMILES string of the molecule is Cc1ccccc1OCC(=O)OCC(=O)C=C1N(C)c2ccccc2C1(C)C. The van der Waals surface area contributed by atoms with Gasteiger partial charge in [0.25, 0.3) is 0 Å². The minimum absolute atomic E-state index is 0.231. The zero-order chi connectivity index (χ0) is 20.3. The number of likely N-dealkylation sites (N-methyl/N-ethyl adjacent to an activating group) is 1. The lowest BCUT2D eigenvalue weighted by molar-refractivity contribution is -0.148. The van der Waals surface area contributed by atoms with E-state index in [0.29, 0.717) is 5.75 Å². The Morgan fingerprint density at radius 1 is 1.04 bits per heavy atom. The second-order valence-electron chi connectivity index (χ2n) is 7.41. The van der Waals surface area contributed by atoms with Crippen LogP contribution in [0, 0.1) is 6.92 Å². The molecule has 0 amide bonds. The molecule has 0 fully saturated rings. The van der Waals surface area contributed by atoms with Crippen molar-refractivity contribution in [2.75, 3.05) is 25.2 Å². The number of nitrogens with zero attached hydrogens (tertiary/aromatic N) is 1. The van der Waals surface area contributed by atoms with Gasteiger partial charge in [-0.3, -0.25) is 4.79 Å². The molecule has 28 heavy (non-hydrogen) atoms. The number of ether oxygens (including phenoxy) is 2. The van der Waals surface area contributed by atoms with Crippen LogP contribution in [-0.2, 0) is 19.7 Å². The number of anilines is 1. The molecule has 2 aromatic rings. The molecule has 0 saturated heterocycles. The third-order valence-corrected chi connectivity index (χ3v) is 5.05. The van der Waals surface area contributed by atoms with Crippen LogP contribution in [-0.4, -0.2) is 32.0 Å². The van der Waals surface area contributed by atoms with E-state index in [9.17, 15) is 9.59 Å². The Bertz CT molecular complexity index is 930. The highest BCUT2D eigenvalue weighted by Gasteiger charge is 2.38. The molecule has 0 atom stereocenters. The Hall–Kier alpha value is -3.08. The molecule has 0 unspecified atom stereocenters. The van der Waals surface area contributed by atoms with Gasteiger partial charge in [0.1, 0.15) is 5.75 Å². The van der Waals surface area contributed by atoms with Gasteiger partial charge in [0, 0.05) is 29.9 Å². The molecule has 0 N–H and O–H groups in total. The molecule has 2 aromatic carbocycles. The summed E-state index contributed by atoms with van der Waals surface area (Å²) in [5, 5.41) is 0. The number of hydrogen-bond donors (Lipinski definition) is 0. The topological polar surface area (TPSA) is 55.8 Å². The van der Waals surface area contributed by atoms with E-state index in [1.54, 1.807) is 12.1 Å². The number of allylic oxidation sites excluding steroid dienone is 1. The zero-order valence-corrected chi connectivity index (χ0v) is 16.7. The van der Waals surface area contributed by atoms with Crippen LogP contribution in [0.3, 0.4) is 0 Å². The van der Waals surface area contributed by atoms with Gasteiger partial charge < -0.3 is 14.4 Å². The standard InChI is InChI=1S/C23H25NO4/c1-16-9-5-8-12-20(16)27-15-22(26)28-14-17(25)13-21-23(2,3)18-10-6-7-11-19(18)24(21)4/h5-13H,14-15H2,1-4H3. The molecule has 146 valence electrons. The van der Waals surface area contributed by atoms with Crippen LogP contribution >= 0.6 is 0 Å². The van der Waals surface area contributed by atoms with Crippen LogP contribution in [0.5, 0.6) is 5.75 Å². The first kappa shape index (κ1) is 19.7. The number of rotatable bonds is 6. The van der Waals surface area contributed by atoms with Crippen molar-refractivity contribution < 1.29 is 19.1 Å². The van der Waals surface area contributed by atoms with Crippen molar-refractivity contribution in [2.45, 2.75) is 26.2 Å². The summed E-state index contributed by atoms with van der Waals surface area (Å²) in [6.07, 6.45) is 1.56. The lowest BCUT2D eigenvalue weighted by Gasteiger charge is -2.23. The van der Waals surface area contributed by atoms with Crippen molar-refractivity contribution in [1.29, 1.82) is 0 Å². The molecule has 0 aliphatic carbocycles. The summed E-state index contributed by atoms with van der Waals surface area (Å²) >= 11 is 0. The van der Waals surface area contributed by atoms with E-state index in [0.717, 1.165) is 16.9 Å². The summed E-state index contributed by atoms with van der Waals surface area (Å²) in [6.45, 7) is 5.52.